The van der Waals surface area contributed by atoms with Crippen LogP contribution in [0.3, 0.4) is 0 Å². The number of nitrogens with zero attached hydrogens (tertiary/aromatic N) is 4. The Balaban J connectivity index is 0.000000922. The van der Waals surface area contributed by atoms with Gasteiger partial charge >= 0.3 is 0 Å². The van der Waals surface area contributed by atoms with Crippen LogP contribution in [0, 0.1) is 18.4 Å². The average Bonchev–Trinajstić information content (AvgIpc) is 2.58. The summed E-state index contributed by atoms with van der Waals surface area (Å²) in [5.41, 5.74) is 1.36. The van der Waals surface area contributed by atoms with Crippen LogP contribution in [0.15, 0.2) is 29.5 Å². The van der Waals surface area contributed by atoms with Crippen LogP contribution in [0.5, 0.6) is 0 Å². The molecule has 0 radical (unpaired) electrons. The molecular formula is C20H32N4. The predicted octanol–water partition coefficient (Wildman–Crippen LogP) is 5.41. The van der Waals surface area contributed by atoms with E-state index >= 15 is 0 Å². The molecule has 0 fully saturated rings. The van der Waals surface area contributed by atoms with Gasteiger partial charge in [0.25, 0.3) is 0 Å². The van der Waals surface area contributed by atoms with Crippen LogP contribution in [0.25, 0.3) is 5.41 Å². The van der Waals surface area contributed by atoms with Gasteiger partial charge in [-0.3, -0.25) is 0 Å². The number of hydrogen-bond acceptors (Lipinski definition) is 2. The molecule has 1 rings (SSSR count). The molecule has 1 aromatic heterocycles. The minimum absolute atomic E-state index is 1.18. The molecule has 0 saturated carbocycles. The highest BCUT2D eigenvalue weighted by atomic mass is 14.9. The quantitative estimate of drug-likeness (QED) is 0.232. The molecule has 1 aromatic rings. The van der Waals surface area contributed by atoms with Crippen molar-refractivity contribution in [2.75, 3.05) is 0 Å². The fourth-order valence-corrected chi connectivity index (χ4v) is 2.60. The molecule has 132 valence electrons. The topological polar surface area (TPSA) is 62.3 Å². The van der Waals surface area contributed by atoms with Gasteiger partial charge in [0.05, 0.1) is 6.19 Å². The lowest BCUT2D eigenvalue weighted by Gasteiger charge is -2.01. The summed E-state index contributed by atoms with van der Waals surface area (Å²) in [4.78, 5) is 2.58. The number of nitriles is 1. The van der Waals surface area contributed by atoms with Crippen LogP contribution in [-0.4, -0.2) is 6.01 Å². The van der Waals surface area contributed by atoms with Gasteiger partial charge in [0, 0.05) is 18.1 Å². The zero-order chi connectivity index (χ0) is 17.9. The summed E-state index contributed by atoms with van der Waals surface area (Å²) in [5, 5.41) is 14.9. The average molecular weight is 329 g/mol. The minimum Gasteiger partial charge on any atom is -0.422 e. The maximum absolute atomic E-state index is 7.43. The van der Waals surface area contributed by atoms with Gasteiger partial charge in [-0.05, 0) is 19.4 Å². The fourth-order valence-electron chi connectivity index (χ4n) is 2.60. The van der Waals surface area contributed by atoms with Crippen molar-refractivity contribution in [2.24, 2.45) is 4.99 Å². The Kier molecular flexibility index (Phi) is 15.9. The molecule has 4 heteroatoms. The molecule has 24 heavy (non-hydrogen) atoms. The lowest BCUT2D eigenvalue weighted by molar-refractivity contribution is -0.697. The smallest absolute Gasteiger partial charge is 0.171 e. The highest BCUT2D eigenvalue weighted by Crippen LogP contribution is 2.10. The van der Waals surface area contributed by atoms with Gasteiger partial charge in [-0.25, -0.2) is 4.57 Å². The first-order valence-electron chi connectivity index (χ1n) is 9.18. The first kappa shape index (κ1) is 22.0. The monoisotopic (exact) mass is 328 g/mol. The van der Waals surface area contributed by atoms with E-state index in [9.17, 15) is 0 Å². The third kappa shape index (κ3) is 14.9. The molecule has 1 heterocycles. The Bertz CT molecular complexity index is 499. The lowest BCUT2D eigenvalue weighted by Crippen LogP contribution is -2.32. The third-order valence-corrected chi connectivity index (χ3v) is 3.88. The van der Waals surface area contributed by atoms with Crippen molar-refractivity contribution in [3.8, 4) is 6.19 Å². The van der Waals surface area contributed by atoms with Crippen molar-refractivity contribution in [1.82, 2.24) is 0 Å². The van der Waals surface area contributed by atoms with Gasteiger partial charge in [0.2, 0.25) is 0 Å². The van der Waals surface area contributed by atoms with Crippen LogP contribution < -0.4 is 4.57 Å². The summed E-state index contributed by atoms with van der Waals surface area (Å²) in [6, 6.07) is 5.59. The van der Waals surface area contributed by atoms with E-state index in [0.717, 1.165) is 0 Å². The molecule has 0 N–H and O–H groups in total. The van der Waals surface area contributed by atoms with Gasteiger partial charge in [-0.15, -0.1) is 6.01 Å². The van der Waals surface area contributed by atoms with Gasteiger partial charge in [0.1, 0.15) is 6.54 Å². The Morgan fingerprint density at radius 3 is 2.08 bits per heavy atom. The summed E-state index contributed by atoms with van der Waals surface area (Å²) >= 11 is 0. The van der Waals surface area contributed by atoms with E-state index in [1.807, 2.05) is 0 Å². The van der Waals surface area contributed by atoms with Gasteiger partial charge < -0.3 is 10.4 Å². The van der Waals surface area contributed by atoms with Crippen LogP contribution in [0.4, 0.5) is 0 Å². The Labute approximate surface area is 147 Å². The van der Waals surface area contributed by atoms with E-state index in [2.05, 4.69) is 47.9 Å². The summed E-state index contributed by atoms with van der Waals surface area (Å²) < 4.78 is 2.32. The molecule has 0 spiro atoms. The van der Waals surface area contributed by atoms with Crippen LogP contribution in [-0.2, 0) is 6.54 Å². The Morgan fingerprint density at radius 2 is 1.62 bits per heavy atom. The standard InChI is InChI=1S/C18H32N.C2N3/c1-3-4-5-6-7-8-9-10-11-12-15-19-16-13-14-18(2)17-19;3-1-5-2-4/h13-14,16-17H,3-12,15H2,1-2H3;/q+1;-1. The number of hydrogen-bond donors (Lipinski definition) is 0. The minimum atomic E-state index is 1.18. The molecule has 4 nitrogen and oxygen atoms in total. The lowest BCUT2D eigenvalue weighted by atomic mass is 10.1. The van der Waals surface area contributed by atoms with E-state index in [4.69, 9.17) is 10.7 Å². The molecule has 0 aromatic carbocycles. The molecule has 0 bridgehead atoms. The van der Waals surface area contributed by atoms with Gasteiger partial charge in [-0.2, -0.15) is 5.26 Å². The second-order valence-corrected chi connectivity index (χ2v) is 6.11. The maximum Gasteiger partial charge on any atom is 0.171 e. The van der Waals surface area contributed by atoms with Crippen LogP contribution in [0.1, 0.15) is 76.7 Å². The molecule has 0 amide bonds. The van der Waals surface area contributed by atoms with E-state index in [1.165, 1.54) is 88.5 Å². The van der Waals surface area contributed by atoms with Crippen molar-refractivity contribution in [1.29, 1.82) is 5.26 Å². The zero-order valence-corrected chi connectivity index (χ0v) is 15.4. The molecule has 0 unspecified atom stereocenters. The SMILES string of the molecule is CCCCCCCCCCCC[n+]1cccc(C)c1.N#CN=C=[N-]. The van der Waals surface area contributed by atoms with Crippen molar-refractivity contribution >= 4 is 6.01 Å². The Hall–Kier alpha value is -1.98. The number of aryl methyl sites for hydroxylation is 2. The normalized spacial score (nSPS) is 9.38. The van der Waals surface area contributed by atoms with E-state index < -0.39 is 0 Å². The van der Waals surface area contributed by atoms with E-state index in [0.29, 0.717) is 0 Å². The molecule has 0 aliphatic carbocycles. The fraction of sp³-hybridized carbons (Fsp3) is 0.650. The van der Waals surface area contributed by atoms with Gasteiger partial charge in [-0.1, -0.05) is 58.3 Å². The highest BCUT2D eigenvalue weighted by Gasteiger charge is 1.99. The second kappa shape index (κ2) is 17.4. The molecule has 0 atom stereocenters. The zero-order valence-electron chi connectivity index (χ0n) is 15.4. The molecule has 0 aliphatic rings. The van der Waals surface area contributed by atoms with E-state index in [-0.39, 0.29) is 0 Å². The molecular weight excluding hydrogens is 296 g/mol. The summed E-state index contributed by atoms with van der Waals surface area (Å²) in [6.07, 6.45) is 19.8. The first-order chi connectivity index (χ1) is 11.7. The van der Waals surface area contributed by atoms with Crippen LogP contribution in [0.2, 0.25) is 0 Å². The molecule has 0 saturated heterocycles. The first-order valence-corrected chi connectivity index (χ1v) is 9.18. The number of pyridine rings is 1. The molecule has 0 aliphatic heterocycles. The number of aliphatic imine (C=N–C) groups is 1. The van der Waals surface area contributed by atoms with Crippen molar-refractivity contribution in [3.05, 3.63) is 35.5 Å². The summed E-state index contributed by atoms with van der Waals surface area (Å²) in [6.45, 7) is 5.62. The highest BCUT2D eigenvalue weighted by molar-refractivity contribution is 5.46. The number of aromatic nitrogens is 1. The van der Waals surface area contributed by atoms with E-state index in [1.54, 1.807) is 0 Å². The Morgan fingerprint density at radius 1 is 1.04 bits per heavy atom. The largest absolute Gasteiger partial charge is 0.422 e. The number of rotatable bonds is 11. The predicted molar refractivity (Wildman–Crippen MR) is 99.6 cm³/mol. The van der Waals surface area contributed by atoms with Crippen molar-refractivity contribution in [3.63, 3.8) is 0 Å². The summed E-state index contributed by atoms with van der Waals surface area (Å²) in [5.74, 6) is 0. The van der Waals surface area contributed by atoms with Crippen molar-refractivity contribution < 1.29 is 4.57 Å². The third-order valence-electron chi connectivity index (χ3n) is 3.88. The van der Waals surface area contributed by atoms with Crippen LogP contribution >= 0.6 is 0 Å². The van der Waals surface area contributed by atoms with Crippen molar-refractivity contribution in [2.45, 2.75) is 84.6 Å². The maximum atomic E-state index is 7.43. The second-order valence-electron chi connectivity index (χ2n) is 6.11. The summed E-state index contributed by atoms with van der Waals surface area (Å²) in [7, 11) is 0. The number of unbranched alkanes of at least 4 members (excludes halogenated alkanes) is 9. The van der Waals surface area contributed by atoms with Gasteiger partial charge in [0.15, 0.2) is 12.4 Å².